The molecule has 174 valence electrons. The van der Waals surface area contributed by atoms with Crippen LogP contribution in [-0.2, 0) is 21.2 Å². The molecule has 0 heterocycles. The maximum Gasteiger partial charge on any atom is 0.258 e. The third kappa shape index (κ3) is 6.77. The van der Waals surface area contributed by atoms with Crippen molar-refractivity contribution in [1.82, 2.24) is 10.6 Å². The Balaban J connectivity index is 1.71. The second-order valence-electron chi connectivity index (χ2n) is 7.90. The highest BCUT2D eigenvalue weighted by atomic mass is 32.2. The van der Waals surface area contributed by atoms with Crippen molar-refractivity contribution in [3.05, 3.63) is 71.8 Å². The zero-order chi connectivity index (χ0) is 24.0. The summed E-state index contributed by atoms with van der Waals surface area (Å²) in [6.45, 7) is 3.84. The van der Waals surface area contributed by atoms with Gasteiger partial charge in [0.2, 0.25) is 10.0 Å². The van der Waals surface area contributed by atoms with Crippen LogP contribution in [-0.4, -0.2) is 39.4 Å². The van der Waals surface area contributed by atoms with Crippen LogP contribution in [0.4, 0.5) is 0 Å². The van der Waals surface area contributed by atoms with Gasteiger partial charge in [-0.25, -0.2) is 13.6 Å². The van der Waals surface area contributed by atoms with Crippen LogP contribution in [0.5, 0.6) is 5.75 Å². The van der Waals surface area contributed by atoms with Gasteiger partial charge < -0.3 is 15.4 Å². The molecule has 2 amide bonds. The highest BCUT2D eigenvalue weighted by Gasteiger charge is 2.16. The van der Waals surface area contributed by atoms with Gasteiger partial charge in [-0.2, -0.15) is 0 Å². The Morgan fingerprint density at radius 1 is 1.00 bits per heavy atom. The van der Waals surface area contributed by atoms with Gasteiger partial charge in [-0.1, -0.05) is 36.4 Å². The van der Waals surface area contributed by atoms with Crippen molar-refractivity contribution in [2.45, 2.75) is 31.2 Å². The second-order valence-corrected chi connectivity index (χ2v) is 9.46. The van der Waals surface area contributed by atoms with E-state index in [-0.39, 0.29) is 29.4 Å². The van der Waals surface area contributed by atoms with E-state index in [9.17, 15) is 18.0 Å². The smallest absolute Gasteiger partial charge is 0.258 e. The normalized spacial score (nSPS) is 11.4. The first-order chi connectivity index (χ1) is 15.6. The average molecular weight is 470 g/mol. The zero-order valence-electron chi connectivity index (χ0n) is 18.5. The molecule has 0 fully saturated rings. The maximum absolute atomic E-state index is 12.9. The summed E-state index contributed by atoms with van der Waals surface area (Å²) in [4.78, 5) is 25.0. The first-order valence-corrected chi connectivity index (χ1v) is 12.0. The number of nitrogens with two attached hydrogens (primary N) is 1. The Labute approximate surface area is 193 Å². The van der Waals surface area contributed by atoms with E-state index in [4.69, 9.17) is 9.88 Å². The fourth-order valence-electron chi connectivity index (χ4n) is 3.28. The molecule has 0 aliphatic rings. The molecular formula is C24H27N3O5S. The topological polar surface area (TPSA) is 128 Å². The molecule has 0 unspecified atom stereocenters. The SMILES string of the molecule is CC(C)NC(=O)COc1cc2ccccc2cc1C(=O)NCCc1ccc(S(N)(=O)=O)cc1. The first kappa shape index (κ1) is 24.2. The summed E-state index contributed by atoms with van der Waals surface area (Å²) in [5.41, 5.74) is 1.18. The van der Waals surface area contributed by atoms with Crippen LogP contribution < -0.4 is 20.5 Å². The van der Waals surface area contributed by atoms with E-state index >= 15 is 0 Å². The van der Waals surface area contributed by atoms with Gasteiger partial charge in [-0.15, -0.1) is 0 Å². The summed E-state index contributed by atoms with van der Waals surface area (Å²) in [7, 11) is -3.74. The molecule has 0 atom stereocenters. The number of nitrogens with one attached hydrogen (secondary N) is 2. The van der Waals surface area contributed by atoms with Crippen LogP contribution in [0.25, 0.3) is 10.8 Å². The van der Waals surface area contributed by atoms with Crippen molar-refractivity contribution in [2.75, 3.05) is 13.2 Å². The van der Waals surface area contributed by atoms with Gasteiger partial charge in [-0.3, -0.25) is 9.59 Å². The number of hydrogen-bond donors (Lipinski definition) is 3. The minimum atomic E-state index is -3.74. The molecule has 0 aromatic heterocycles. The van der Waals surface area contributed by atoms with Gasteiger partial charge in [0.15, 0.2) is 6.61 Å². The molecule has 0 spiro atoms. The van der Waals surface area contributed by atoms with E-state index in [0.717, 1.165) is 16.3 Å². The van der Waals surface area contributed by atoms with Crippen LogP contribution in [0.3, 0.4) is 0 Å². The zero-order valence-corrected chi connectivity index (χ0v) is 19.3. The Hall–Kier alpha value is -3.43. The number of rotatable bonds is 9. The van der Waals surface area contributed by atoms with Gasteiger partial charge >= 0.3 is 0 Å². The highest BCUT2D eigenvalue weighted by molar-refractivity contribution is 7.89. The third-order valence-electron chi connectivity index (χ3n) is 4.85. The number of fused-ring (bicyclic) bond motifs is 1. The van der Waals surface area contributed by atoms with E-state index < -0.39 is 10.0 Å². The van der Waals surface area contributed by atoms with E-state index in [2.05, 4.69) is 10.6 Å². The van der Waals surface area contributed by atoms with E-state index in [1.807, 2.05) is 38.1 Å². The number of carbonyl (C=O) groups excluding carboxylic acids is 2. The molecule has 3 aromatic rings. The molecule has 0 saturated heterocycles. The number of ether oxygens (including phenoxy) is 1. The van der Waals surface area contributed by atoms with Gasteiger partial charge in [-0.05, 0) is 60.9 Å². The standard InChI is InChI=1S/C24H27N3O5S/c1-16(2)27-23(28)15-32-22-14-19-6-4-3-5-18(19)13-21(22)24(29)26-12-11-17-7-9-20(10-8-17)33(25,30)31/h3-10,13-14,16H,11-12,15H2,1-2H3,(H,26,29)(H,27,28)(H2,25,30,31). The maximum atomic E-state index is 12.9. The van der Waals surface area contributed by atoms with Crippen LogP contribution in [0.2, 0.25) is 0 Å². The summed E-state index contributed by atoms with van der Waals surface area (Å²) in [6, 6.07) is 17.2. The van der Waals surface area contributed by atoms with E-state index in [1.165, 1.54) is 12.1 Å². The number of hydrogen-bond acceptors (Lipinski definition) is 5. The van der Waals surface area contributed by atoms with Gasteiger partial charge in [0, 0.05) is 12.6 Å². The van der Waals surface area contributed by atoms with Crippen molar-refractivity contribution in [1.29, 1.82) is 0 Å². The summed E-state index contributed by atoms with van der Waals surface area (Å²) < 4.78 is 28.4. The van der Waals surface area contributed by atoms with Crippen molar-refractivity contribution in [2.24, 2.45) is 5.14 Å². The molecule has 9 heteroatoms. The van der Waals surface area contributed by atoms with Crippen molar-refractivity contribution in [3.63, 3.8) is 0 Å². The predicted molar refractivity (Wildman–Crippen MR) is 127 cm³/mol. The van der Waals surface area contributed by atoms with Gasteiger partial charge in [0.1, 0.15) is 5.75 Å². The molecule has 0 radical (unpaired) electrons. The molecule has 0 aliphatic heterocycles. The summed E-state index contributed by atoms with van der Waals surface area (Å²) in [6.07, 6.45) is 0.497. The Morgan fingerprint density at radius 2 is 1.64 bits per heavy atom. The summed E-state index contributed by atoms with van der Waals surface area (Å²) in [5.74, 6) is -0.281. The summed E-state index contributed by atoms with van der Waals surface area (Å²) in [5, 5.41) is 12.5. The predicted octanol–water partition coefficient (Wildman–Crippen LogP) is 2.36. The largest absolute Gasteiger partial charge is 0.483 e. The first-order valence-electron chi connectivity index (χ1n) is 10.5. The van der Waals surface area contributed by atoms with Crippen LogP contribution >= 0.6 is 0 Å². The van der Waals surface area contributed by atoms with E-state index in [0.29, 0.717) is 24.3 Å². The number of carbonyl (C=O) groups is 2. The lowest BCUT2D eigenvalue weighted by Crippen LogP contribution is -2.34. The second kappa shape index (κ2) is 10.5. The quantitative estimate of drug-likeness (QED) is 0.443. The monoisotopic (exact) mass is 469 g/mol. The van der Waals surface area contributed by atoms with Crippen molar-refractivity contribution >= 4 is 32.6 Å². The van der Waals surface area contributed by atoms with Crippen LogP contribution in [0.15, 0.2) is 65.6 Å². The number of primary sulfonamides is 1. The summed E-state index contributed by atoms with van der Waals surface area (Å²) >= 11 is 0. The average Bonchev–Trinajstić information content (AvgIpc) is 2.76. The Morgan fingerprint density at radius 3 is 2.24 bits per heavy atom. The fourth-order valence-corrected chi connectivity index (χ4v) is 3.80. The molecule has 33 heavy (non-hydrogen) atoms. The molecular weight excluding hydrogens is 442 g/mol. The van der Waals surface area contributed by atoms with Crippen molar-refractivity contribution in [3.8, 4) is 5.75 Å². The number of benzene rings is 3. The van der Waals surface area contributed by atoms with Crippen molar-refractivity contribution < 1.29 is 22.7 Å². The molecule has 0 aliphatic carbocycles. The molecule has 3 aromatic carbocycles. The van der Waals surface area contributed by atoms with Gasteiger partial charge in [0.05, 0.1) is 10.5 Å². The minimum absolute atomic E-state index is 0.0144. The van der Waals surface area contributed by atoms with E-state index in [1.54, 1.807) is 24.3 Å². The lowest BCUT2D eigenvalue weighted by molar-refractivity contribution is -0.123. The highest BCUT2D eigenvalue weighted by Crippen LogP contribution is 2.26. The third-order valence-corrected chi connectivity index (χ3v) is 5.78. The lowest BCUT2D eigenvalue weighted by atomic mass is 10.1. The lowest BCUT2D eigenvalue weighted by Gasteiger charge is -2.14. The molecule has 0 bridgehead atoms. The molecule has 4 N–H and O–H groups in total. The van der Waals surface area contributed by atoms with Gasteiger partial charge in [0.25, 0.3) is 11.8 Å². The van der Waals surface area contributed by atoms with Crippen LogP contribution in [0.1, 0.15) is 29.8 Å². The molecule has 3 rings (SSSR count). The molecule has 8 nitrogen and oxygen atoms in total. The van der Waals surface area contributed by atoms with Crippen LogP contribution in [0, 0.1) is 0 Å². The Bertz CT molecular complexity index is 1250. The minimum Gasteiger partial charge on any atom is -0.483 e. The fraction of sp³-hybridized carbons (Fsp3) is 0.250. The Kier molecular flexibility index (Phi) is 7.67. The number of amides is 2. The number of sulfonamides is 1. The molecule has 0 saturated carbocycles.